The topological polar surface area (TPSA) is 84.9 Å². The van der Waals surface area contributed by atoms with Gasteiger partial charge in [-0.15, -0.1) is 0 Å². The van der Waals surface area contributed by atoms with Crippen LogP contribution in [0.4, 0.5) is 10.5 Å². The number of amides is 1. The summed E-state index contributed by atoms with van der Waals surface area (Å²) in [5.41, 5.74) is -0.0463. The van der Waals surface area contributed by atoms with E-state index in [-0.39, 0.29) is 23.6 Å². The van der Waals surface area contributed by atoms with Crippen molar-refractivity contribution in [2.24, 2.45) is 0 Å². The average molecular weight is 344 g/mol. The van der Waals surface area contributed by atoms with E-state index in [9.17, 15) is 14.7 Å². The molecular formula is C13H14BrNO5. The highest BCUT2D eigenvalue weighted by atomic mass is 79.9. The largest absolute Gasteiger partial charge is 0.492 e. The standard InChI is InChI=1S/C13H14BrNO5/c1-3-5-20-13(18)15-11-9(12(16)17)6-8(14)7-10(11)19-4-2/h3,6-7H,1,4-5H2,2H3,(H,15,18)(H,16,17). The number of anilines is 1. The van der Waals surface area contributed by atoms with E-state index in [1.54, 1.807) is 13.0 Å². The zero-order chi connectivity index (χ0) is 15.1. The molecule has 0 unspecified atom stereocenters. The zero-order valence-electron chi connectivity index (χ0n) is 10.8. The minimum absolute atomic E-state index is 0.0226. The predicted molar refractivity (Wildman–Crippen MR) is 77.4 cm³/mol. The van der Waals surface area contributed by atoms with Crippen LogP contribution in [0.3, 0.4) is 0 Å². The van der Waals surface area contributed by atoms with Crippen LogP contribution < -0.4 is 10.1 Å². The van der Waals surface area contributed by atoms with Gasteiger partial charge >= 0.3 is 12.1 Å². The highest BCUT2D eigenvalue weighted by Gasteiger charge is 2.19. The molecule has 20 heavy (non-hydrogen) atoms. The number of aromatic carboxylic acids is 1. The van der Waals surface area contributed by atoms with Crippen LogP contribution in [-0.4, -0.2) is 30.4 Å². The first-order valence-corrected chi connectivity index (χ1v) is 6.53. The van der Waals surface area contributed by atoms with E-state index < -0.39 is 12.1 Å². The Morgan fingerprint density at radius 2 is 2.20 bits per heavy atom. The Morgan fingerprint density at radius 3 is 2.75 bits per heavy atom. The number of halogens is 1. The molecule has 0 bridgehead atoms. The second-order valence-electron chi connectivity index (χ2n) is 3.58. The van der Waals surface area contributed by atoms with E-state index in [1.165, 1.54) is 12.1 Å². The highest BCUT2D eigenvalue weighted by molar-refractivity contribution is 9.10. The fraction of sp³-hybridized carbons (Fsp3) is 0.231. The molecule has 0 fully saturated rings. The summed E-state index contributed by atoms with van der Waals surface area (Å²) in [5.74, 6) is -0.943. The molecule has 0 heterocycles. The lowest BCUT2D eigenvalue weighted by molar-refractivity contribution is 0.0697. The minimum Gasteiger partial charge on any atom is -0.492 e. The summed E-state index contributed by atoms with van der Waals surface area (Å²) in [6.45, 7) is 5.51. The van der Waals surface area contributed by atoms with Gasteiger partial charge in [-0.05, 0) is 19.1 Å². The van der Waals surface area contributed by atoms with Crippen molar-refractivity contribution >= 4 is 33.7 Å². The molecule has 1 amide bonds. The molecule has 7 heteroatoms. The maximum Gasteiger partial charge on any atom is 0.412 e. The van der Waals surface area contributed by atoms with Crippen LogP contribution in [0, 0.1) is 0 Å². The maximum absolute atomic E-state index is 11.5. The number of carboxylic acid groups (broad SMARTS) is 1. The van der Waals surface area contributed by atoms with E-state index >= 15 is 0 Å². The highest BCUT2D eigenvalue weighted by Crippen LogP contribution is 2.33. The summed E-state index contributed by atoms with van der Waals surface area (Å²) in [5, 5.41) is 11.6. The molecule has 0 aliphatic rings. The first kappa shape index (κ1) is 16.0. The Morgan fingerprint density at radius 1 is 1.50 bits per heavy atom. The summed E-state index contributed by atoms with van der Waals surface area (Å²) in [4.78, 5) is 22.8. The van der Waals surface area contributed by atoms with Gasteiger partial charge in [-0.2, -0.15) is 0 Å². The second-order valence-corrected chi connectivity index (χ2v) is 4.49. The van der Waals surface area contributed by atoms with Crippen molar-refractivity contribution in [2.45, 2.75) is 6.92 Å². The van der Waals surface area contributed by atoms with Crippen LogP contribution in [0.15, 0.2) is 29.3 Å². The Labute approximate surface area is 124 Å². The number of hydrogen-bond donors (Lipinski definition) is 2. The van der Waals surface area contributed by atoms with E-state index in [2.05, 4.69) is 27.8 Å². The number of carbonyl (C=O) groups is 2. The lowest BCUT2D eigenvalue weighted by Gasteiger charge is -2.14. The van der Waals surface area contributed by atoms with Crippen molar-refractivity contribution < 1.29 is 24.2 Å². The fourth-order valence-electron chi connectivity index (χ4n) is 1.42. The second kappa shape index (κ2) is 7.54. The van der Waals surface area contributed by atoms with Crippen LogP contribution >= 0.6 is 15.9 Å². The summed E-state index contributed by atoms with van der Waals surface area (Å²) < 4.78 is 10.6. The van der Waals surface area contributed by atoms with E-state index in [0.29, 0.717) is 11.1 Å². The van der Waals surface area contributed by atoms with Crippen molar-refractivity contribution in [1.29, 1.82) is 0 Å². The number of carbonyl (C=O) groups excluding carboxylic acids is 1. The van der Waals surface area contributed by atoms with Crippen molar-refractivity contribution in [3.05, 3.63) is 34.8 Å². The fourth-order valence-corrected chi connectivity index (χ4v) is 1.86. The van der Waals surface area contributed by atoms with Gasteiger partial charge in [0.15, 0.2) is 0 Å². The van der Waals surface area contributed by atoms with Crippen LogP contribution in [0.1, 0.15) is 17.3 Å². The van der Waals surface area contributed by atoms with Gasteiger partial charge in [-0.1, -0.05) is 28.6 Å². The van der Waals surface area contributed by atoms with Gasteiger partial charge in [0.05, 0.1) is 12.2 Å². The molecule has 0 radical (unpaired) electrons. The third-order valence-electron chi connectivity index (χ3n) is 2.16. The summed E-state index contributed by atoms with van der Waals surface area (Å²) in [7, 11) is 0. The van der Waals surface area contributed by atoms with E-state index in [0.717, 1.165) is 0 Å². The SMILES string of the molecule is C=CCOC(=O)Nc1c(OCC)cc(Br)cc1C(=O)O. The third-order valence-corrected chi connectivity index (χ3v) is 2.61. The predicted octanol–water partition coefficient (Wildman–Crippen LogP) is 3.28. The first-order valence-electron chi connectivity index (χ1n) is 5.73. The van der Waals surface area contributed by atoms with Crippen LogP contribution in [0.2, 0.25) is 0 Å². The lowest BCUT2D eigenvalue weighted by Crippen LogP contribution is -2.17. The molecule has 108 valence electrons. The molecule has 0 saturated carbocycles. The van der Waals surface area contributed by atoms with Crippen molar-refractivity contribution in [3.63, 3.8) is 0 Å². The molecule has 0 aliphatic carbocycles. The van der Waals surface area contributed by atoms with Gasteiger partial charge in [-0.3, -0.25) is 5.32 Å². The number of benzene rings is 1. The summed E-state index contributed by atoms with van der Waals surface area (Å²) >= 11 is 3.19. The molecule has 0 aliphatic heterocycles. The van der Waals surface area contributed by atoms with Gasteiger partial charge < -0.3 is 14.6 Å². The molecule has 1 rings (SSSR count). The zero-order valence-corrected chi connectivity index (χ0v) is 12.4. The van der Waals surface area contributed by atoms with Crippen molar-refractivity contribution in [2.75, 3.05) is 18.5 Å². The Hall–Kier alpha value is -2.02. The number of ether oxygens (including phenoxy) is 2. The average Bonchev–Trinajstić information content (AvgIpc) is 2.39. The van der Waals surface area contributed by atoms with Crippen molar-refractivity contribution in [1.82, 2.24) is 0 Å². The first-order chi connectivity index (χ1) is 9.49. The molecule has 1 aromatic rings. The van der Waals surface area contributed by atoms with Gasteiger partial charge in [-0.25, -0.2) is 9.59 Å². The smallest absolute Gasteiger partial charge is 0.412 e. The normalized spacial score (nSPS) is 9.70. The molecule has 2 N–H and O–H groups in total. The quantitative estimate of drug-likeness (QED) is 0.774. The van der Waals surface area contributed by atoms with E-state index in [1.807, 2.05) is 0 Å². The van der Waals surface area contributed by atoms with Crippen LogP contribution in [0.5, 0.6) is 5.75 Å². The molecular weight excluding hydrogens is 330 g/mol. The number of carboxylic acids is 1. The van der Waals surface area contributed by atoms with Gasteiger partial charge in [0, 0.05) is 4.47 Å². The maximum atomic E-state index is 11.5. The molecule has 6 nitrogen and oxygen atoms in total. The Bertz CT molecular complexity index is 530. The minimum atomic E-state index is -1.19. The number of hydrogen-bond acceptors (Lipinski definition) is 4. The van der Waals surface area contributed by atoms with E-state index in [4.69, 9.17) is 9.47 Å². The monoisotopic (exact) mass is 343 g/mol. The Kier molecular flexibility index (Phi) is 6.05. The summed E-state index contributed by atoms with van der Waals surface area (Å²) in [6, 6.07) is 2.94. The molecule has 0 atom stereocenters. The summed E-state index contributed by atoms with van der Waals surface area (Å²) in [6.07, 6.45) is 0.624. The van der Waals surface area contributed by atoms with Crippen molar-refractivity contribution in [3.8, 4) is 5.75 Å². The van der Waals surface area contributed by atoms with Gasteiger partial charge in [0.25, 0.3) is 0 Å². The Balaban J connectivity index is 3.15. The molecule has 0 aromatic heterocycles. The van der Waals surface area contributed by atoms with Gasteiger partial charge in [0.2, 0.25) is 0 Å². The van der Waals surface area contributed by atoms with Gasteiger partial charge in [0.1, 0.15) is 18.0 Å². The molecule has 0 saturated heterocycles. The number of rotatable bonds is 6. The number of nitrogens with one attached hydrogen (secondary N) is 1. The lowest BCUT2D eigenvalue weighted by atomic mass is 10.1. The van der Waals surface area contributed by atoms with Crippen LogP contribution in [0.25, 0.3) is 0 Å². The van der Waals surface area contributed by atoms with Crippen LogP contribution in [-0.2, 0) is 4.74 Å². The third kappa shape index (κ3) is 4.27. The molecule has 1 aromatic carbocycles. The molecule has 0 spiro atoms.